The summed E-state index contributed by atoms with van der Waals surface area (Å²) in [5.41, 5.74) is 1.73. The average molecular weight is 223 g/mol. The quantitative estimate of drug-likeness (QED) is 0.833. The van der Waals surface area contributed by atoms with Crippen molar-refractivity contribution in [2.75, 3.05) is 0 Å². The Morgan fingerprint density at radius 2 is 2.20 bits per heavy atom. The predicted octanol–water partition coefficient (Wildman–Crippen LogP) is 2.38. The second-order valence-corrected chi connectivity index (χ2v) is 3.72. The van der Waals surface area contributed by atoms with E-state index >= 15 is 0 Å². The summed E-state index contributed by atoms with van der Waals surface area (Å²) in [4.78, 5) is 11.2. The lowest BCUT2D eigenvalue weighted by Gasteiger charge is -2.06. The lowest BCUT2D eigenvalue weighted by Crippen LogP contribution is -2.04. The van der Waals surface area contributed by atoms with Gasteiger partial charge in [0, 0.05) is 16.8 Å². The summed E-state index contributed by atoms with van der Waals surface area (Å²) in [5.74, 6) is 0. The van der Waals surface area contributed by atoms with Crippen LogP contribution in [0.2, 0.25) is 5.02 Å². The zero-order valence-electron chi connectivity index (χ0n) is 8.33. The lowest BCUT2D eigenvalue weighted by atomic mass is 10.3. The normalized spacial score (nSPS) is 10.5. The number of H-pyrrole nitrogens is 1. The van der Waals surface area contributed by atoms with Crippen LogP contribution >= 0.6 is 11.6 Å². The highest BCUT2D eigenvalue weighted by molar-refractivity contribution is 6.30. The number of nitrogens with one attached hydrogen (secondary N) is 1. The molecule has 0 unspecified atom stereocenters. The highest BCUT2D eigenvalue weighted by Gasteiger charge is 2.04. The highest BCUT2D eigenvalue weighted by atomic mass is 35.5. The fourth-order valence-electron chi connectivity index (χ4n) is 1.54. The first-order valence-corrected chi connectivity index (χ1v) is 5.15. The molecule has 0 saturated heterocycles. The van der Waals surface area contributed by atoms with Crippen LogP contribution in [-0.4, -0.2) is 9.78 Å². The van der Waals surface area contributed by atoms with Crippen LogP contribution in [0.25, 0.3) is 5.69 Å². The molecule has 0 aliphatic rings. The van der Waals surface area contributed by atoms with E-state index in [0.717, 1.165) is 17.8 Å². The van der Waals surface area contributed by atoms with Crippen LogP contribution in [0.1, 0.15) is 12.6 Å². The maximum Gasteiger partial charge on any atom is 0.264 e. The maximum absolute atomic E-state index is 11.2. The van der Waals surface area contributed by atoms with Crippen molar-refractivity contribution < 1.29 is 0 Å². The average Bonchev–Trinajstić information content (AvgIpc) is 2.59. The summed E-state index contributed by atoms with van der Waals surface area (Å²) in [6.07, 6.45) is 0.797. The van der Waals surface area contributed by atoms with Gasteiger partial charge in [0.25, 0.3) is 5.56 Å². The second kappa shape index (κ2) is 3.95. The summed E-state index contributed by atoms with van der Waals surface area (Å²) < 4.78 is 1.76. The number of benzene rings is 1. The zero-order valence-corrected chi connectivity index (χ0v) is 9.08. The van der Waals surface area contributed by atoms with Crippen molar-refractivity contribution in [2.24, 2.45) is 0 Å². The van der Waals surface area contributed by atoms with E-state index in [9.17, 15) is 4.79 Å². The minimum atomic E-state index is -0.0909. The van der Waals surface area contributed by atoms with Crippen LogP contribution in [0.15, 0.2) is 35.1 Å². The standard InChI is InChI=1S/C11H11ClN2O/c1-2-9-7-11(15)13-14(9)10-5-3-4-8(12)6-10/h3-7H,2H2,1H3,(H,13,15). The van der Waals surface area contributed by atoms with Crippen molar-refractivity contribution in [3.05, 3.63) is 51.4 Å². The molecule has 0 amide bonds. The molecule has 0 aliphatic heterocycles. The van der Waals surface area contributed by atoms with E-state index < -0.39 is 0 Å². The molecule has 2 rings (SSSR count). The van der Waals surface area contributed by atoms with Gasteiger partial charge in [-0.05, 0) is 24.6 Å². The molecule has 0 spiro atoms. The topological polar surface area (TPSA) is 37.8 Å². The Labute approximate surface area is 92.3 Å². The van der Waals surface area contributed by atoms with Crippen molar-refractivity contribution in [1.82, 2.24) is 9.78 Å². The summed E-state index contributed by atoms with van der Waals surface area (Å²) in [6, 6.07) is 8.98. The molecule has 0 fully saturated rings. The van der Waals surface area contributed by atoms with Gasteiger partial charge in [-0.2, -0.15) is 0 Å². The van der Waals surface area contributed by atoms with Gasteiger partial charge in [-0.25, -0.2) is 0 Å². The Morgan fingerprint density at radius 3 is 2.87 bits per heavy atom. The zero-order chi connectivity index (χ0) is 10.8. The van der Waals surface area contributed by atoms with Crippen molar-refractivity contribution in [2.45, 2.75) is 13.3 Å². The first-order valence-electron chi connectivity index (χ1n) is 4.77. The molecule has 0 radical (unpaired) electrons. The van der Waals surface area contributed by atoms with Gasteiger partial charge in [-0.15, -0.1) is 0 Å². The van der Waals surface area contributed by atoms with E-state index in [0.29, 0.717) is 5.02 Å². The molecule has 0 saturated carbocycles. The fraction of sp³-hybridized carbons (Fsp3) is 0.182. The molecule has 78 valence electrons. The fourth-order valence-corrected chi connectivity index (χ4v) is 1.72. The largest absolute Gasteiger partial charge is 0.268 e. The van der Waals surface area contributed by atoms with Crippen LogP contribution in [0.4, 0.5) is 0 Å². The monoisotopic (exact) mass is 222 g/mol. The number of nitrogens with zero attached hydrogens (tertiary/aromatic N) is 1. The third-order valence-corrected chi connectivity index (χ3v) is 2.47. The van der Waals surface area contributed by atoms with Gasteiger partial charge in [0.2, 0.25) is 0 Å². The maximum atomic E-state index is 11.2. The Kier molecular flexibility index (Phi) is 2.64. The smallest absolute Gasteiger partial charge is 0.264 e. The molecule has 0 bridgehead atoms. The number of aromatic nitrogens is 2. The Hall–Kier alpha value is -1.48. The molecule has 15 heavy (non-hydrogen) atoms. The molecular weight excluding hydrogens is 212 g/mol. The molecule has 0 aliphatic carbocycles. The van der Waals surface area contributed by atoms with Crippen LogP contribution in [0.3, 0.4) is 0 Å². The van der Waals surface area contributed by atoms with E-state index in [-0.39, 0.29) is 5.56 Å². The van der Waals surface area contributed by atoms with Crippen molar-refractivity contribution >= 4 is 11.6 Å². The molecule has 0 atom stereocenters. The van der Waals surface area contributed by atoms with E-state index in [1.807, 2.05) is 25.1 Å². The molecule has 1 heterocycles. The van der Waals surface area contributed by atoms with E-state index in [2.05, 4.69) is 5.10 Å². The van der Waals surface area contributed by atoms with Gasteiger partial charge in [-0.3, -0.25) is 14.6 Å². The van der Waals surface area contributed by atoms with Gasteiger partial charge in [-0.1, -0.05) is 24.6 Å². The molecule has 1 aromatic heterocycles. The van der Waals surface area contributed by atoms with Crippen LogP contribution in [-0.2, 0) is 6.42 Å². The molecule has 4 heteroatoms. The van der Waals surface area contributed by atoms with E-state index in [1.54, 1.807) is 16.8 Å². The van der Waals surface area contributed by atoms with Crippen molar-refractivity contribution in [1.29, 1.82) is 0 Å². The van der Waals surface area contributed by atoms with Gasteiger partial charge in [0.1, 0.15) is 0 Å². The molecule has 2 aromatic rings. The SMILES string of the molecule is CCc1cc(=O)[nH]n1-c1cccc(Cl)c1. The number of halogens is 1. The molecule has 1 aromatic carbocycles. The van der Waals surface area contributed by atoms with E-state index in [1.165, 1.54) is 0 Å². The summed E-state index contributed by atoms with van der Waals surface area (Å²) >= 11 is 5.89. The first kappa shape index (κ1) is 10.1. The van der Waals surface area contributed by atoms with Gasteiger partial charge >= 0.3 is 0 Å². The van der Waals surface area contributed by atoms with Crippen LogP contribution < -0.4 is 5.56 Å². The third kappa shape index (κ3) is 1.97. The molecule has 3 nitrogen and oxygen atoms in total. The number of hydrogen-bond donors (Lipinski definition) is 1. The van der Waals surface area contributed by atoms with Gasteiger partial charge in [0.05, 0.1) is 5.69 Å². The van der Waals surface area contributed by atoms with Crippen LogP contribution in [0, 0.1) is 0 Å². The minimum Gasteiger partial charge on any atom is -0.268 e. The van der Waals surface area contributed by atoms with Crippen molar-refractivity contribution in [3.8, 4) is 5.69 Å². The summed E-state index contributed by atoms with van der Waals surface area (Å²) in [5, 5.41) is 3.40. The second-order valence-electron chi connectivity index (χ2n) is 3.28. The number of aromatic amines is 1. The minimum absolute atomic E-state index is 0.0909. The van der Waals surface area contributed by atoms with E-state index in [4.69, 9.17) is 11.6 Å². The number of hydrogen-bond acceptors (Lipinski definition) is 1. The first-order chi connectivity index (χ1) is 7.20. The van der Waals surface area contributed by atoms with Crippen molar-refractivity contribution in [3.63, 3.8) is 0 Å². The Bertz CT molecular complexity index is 527. The van der Waals surface area contributed by atoms with Crippen LogP contribution in [0.5, 0.6) is 0 Å². The number of aryl methyl sites for hydroxylation is 1. The number of rotatable bonds is 2. The van der Waals surface area contributed by atoms with Gasteiger partial charge in [0.15, 0.2) is 0 Å². The Balaban J connectivity index is 2.57. The predicted molar refractivity (Wildman–Crippen MR) is 60.8 cm³/mol. The lowest BCUT2D eigenvalue weighted by molar-refractivity contribution is 0.805. The Morgan fingerprint density at radius 1 is 1.40 bits per heavy atom. The summed E-state index contributed by atoms with van der Waals surface area (Å²) in [7, 11) is 0. The highest BCUT2D eigenvalue weighted by Crippen LogP contribution is 2.15. The van der Waals surface area contributed by atoms with Gasteiger partial charge < -0.3 is 0 Å². The molecule has 1 N–H and O–H groups in total. The summed E-state index contributed by atoms with van der Waals surface area (Å²) in [6.45, 7) is 2.00. The third-order valence-electron chi connectivity index (χ3n) is 2.24. The molecular formula is C11H11ClN2O.